The van der Waals surface area contributed by atoms with Crippen LogP contribution in [0, 0.1) is 0 Å². The number of nitrogens with zero attached hydrogens (tertiary/aromatic N) is 1. The summed E-state index contributed by atoms with van der Waals surface area (Å²) in [5.41, 5.74) is 7.77. The van der Waals surface area contributed by atoms with E-state index in [2.05, 4.69) is 6.07 Å². The quantitative estimate of drug-likeness (QED) is 0.845. The number of benzene rings is 1. The summed E-state index contributed by atoms with van der Waals surface area (Å²) in [7, 11) is 0. The van der Waals surface area contributed by atoms with Gasteiger partial charge in [0.25, 0.3) is 0 Å². The van der Waals surface area contributed by atoms with Crippen LogP contribution in [0.25, 0.3) is 10.9 Å². The van der Waals surface area contributed by atoms with Crippen LogP contribution in [-0.2, 0) is 6.42 Å². The number of fused-ring (bicyclic) bond motifs is 1. The number of hydrogen-bond donors (Lipinski definition) is 1. The van der Waals surface area contributed by atoms with Crippen LogP contribution in [0.5, 0.6) is 0 Å². The molecule has 1 heterocycles. The minimum Gasteiger partial charge on any atom is -0.330 e. The summed E-state index contributed by atoms with van der Waals surface area (Å²) >= 11 is 5.99. The van der Waals surface area contributed by atoms with Gasteiger partial charge in [0, 0.05) is 23.4 Å². The molecule has 4 heteroatoms. The average Bonchev–Trinajstić information content (AvgIpc) is 2.46. The molecule has 76 valence electrons. The number of halogens is 2. The highest BCUT2D eigenvalue weighted by molar-refractivity contribution is 6.19. The second-order valence-corrected chi connectivity index (χ2v) is 3.39. The second-order valence-electron chi connectivity index (χ2n) is 3.02. The van der Waals surface area contributed by atoms with Crippen LogP contribution in [0.15, 0.2) is 30.5 Å². The largest absolute Gasteiger partial charge is 0.330 e. The zero-order chi connectivity index (χ0) is 9.26. The molecule has 0 aliphatic rings. The van der Waals surface area contributed by atoms with Crippen molar-refractivity contribution >= 4 is 35.1 Å². The van der Waals surface area contributed by atoms with Crippen molar-refractivity contribution in [1.82, 2.24) is 4.09 Å². The second kappa shape index (κ2) is 4.69. The lowest BCUT2D eigenvalue weighted by molar-refractivity contribution is 0.974. The summed E-state index contributed by atoms with van der Waals surface area (Å²) in [4.78, 5) is 0. The van der Waals surface area contributed by atoms with Crippen molar-refractivity contribution in [3.05, 3.63) is 36.0 Å². The van der Waals surface area contributed by atoms with Crippen LogP contribution < -0.4 is 5.73 Å². The van der Waals surface area contributed by atoms with Crippen molar-refractivity contribution in [2.45, 2.75) is 6.42 Å². The van der Waals surface area contributed by atoms with Gasteiger partial charge >= 0.3 is 0 Å². The number of aromatic nitrogens is 1. The van der Waals surface area contributed by atoms with Crippen molar-refractivity contribution in [3.8, 4) is 0 Å². The average molecular weight is 231 g/mol. The Hall–Kier alpha value is -0.700. The molecule has 0 radical (unpaired) electrons. The van der Waals surface area contributed by atoms with Crippen molar-refractivity contribution in [3.63, 3.8) is 0 Å². The van der Waals surface area contributed by atoms with Crippen molar-refractivity contribution in [2.75, 3.05) is 6.54 Å². The molecular formula is C10H12Cl2N2. The summed E-state index contributed by atoms with van der Waals surface area (Å²) in [6.45, 7) is 0.658. The minimum absolute atomic E-state index is 0. The summed E-state index contributed by atoms with van der Waals surface area (Å²) in [5.74, 6) is 0. The highest BCUT2D eigenvalue weighted by Crippen LogP contribution is 2.22. The van der Waals surface area contributed by atoms with Gasteiger partial charge in [-0.25, -0.2) is 0 Å². The fourth-order valence-corrected chi connectivity index (χ4v) is 1.83. The monoisotopic (exact) mass is 230 g/mol. The Labute approximate surface area is 94.2 Å². The molecule has 0 aliphatic heterocycles. The van der Waals surface area contributed by atoms with E-state index in [1.807, 2.05) is 24.4 Å². The van der Waals surface area contributed by atoms with E-state index < -0.39 is 0 Å². The molecular weight excluding hydrogens is 219 g/mol. The topological polar surface area (TPSA) is 30.9 Å². The first kappa shape index (κ1) is 11.4. The van der Waals surface area contributed by atoms with E-state index in [9.17, 15) is 0 Å². The Balaban J connectivity index is 0.000000980. The van der Waals surface area contributed by atoms with E-state index in [1.54, 1.807) is 4.09 Å². The van der Waals surface area contributed by atoms with Gasteiger partial charge in [-0.15, -0.1) is 12.4 Å². The summed E-state index contributed by atoms with van der Waals surface area (Å²) in [6.07, 6.45) is 2.80. The highest BCUT2D eigenvalue weighted by Gasteiger charge is 2.04. The smallest absolute Gasteiger partial charge is 0.0650 e. The SMILES string of the molecule is Cl.NCCc1cn(Cl)c2ccccc12. The third-order valence-electron chi connectivity index (χ3n) is 2.16. The van der Waals surface area contributed by atoms with E-state index in [1.165, 1.54) is 10.9 Å². The molecule has 0 spiro atoms. The molecule has 1 aromatic heterocycles. The van der Waals surface area contributed by atoms with Crippen molar-refractivity contribution in [2.24, 2.45) is 5.73 Å². The molecule has 2 aromatic rings. The number of para-hydroxylation sites is 1. The molecule has 2 N–H and O–H groups in total. The van der Waals surface area contributed by atoms with Crippen molar-refractivity contribution < 1.29 is 0 Å². The standard InChI is InChI=1S/C10H11ClN2.ClH/c11-13-7-8(5-6-12)9-3-1-2-4-10(9)13;/h1-4,7H,5-6,12H2;1H. The maximum Gasteiger partial charge on any atom is 0.0650 e. The van der Waals surface area contributed by atoms with E-state index >= 15 is 0 Å². The Morgan fingerprint density at radius 2 is 2.00 bits per heavy atom. The van der Waals surface area contributed by atoms with E-state index in [-0.39, 0.29) is 12.4 Å². The highest BCUT2D eigenvalue weighted by atomic mass is 35.5. The van der Waals surface area contributed by atoms with Gasteiger partial charge < -0.3 is 5.73 Å². The first-order valence-electron chi connectivity index (χ1n) is 4.28. The lowest BCUT2D eigenvalue weighted by Crippen LogP contribution is -2.01. The van der Waals surface area contributed by atoms with Gasteiger partial charge in [-0.1, -0.05) is 18.2 Å². The maximum absolute atomic E-state index is 5.99. The van der Waals surface area contributed by atoms with Gasteiger partial charge in [0.05, 0.1) is 5.52 Å². The number of rotatable bonds is 2. The molecule has 0 amide bonds. The van der Waals surface area contributed by atoms with Crippen LogP contribution >= 0.6 is 24.2 Å². The first-order chi connectivity index (χ1) is 6.33. The zero-order valence-electron chi connectivity index (χ0n) is 7.61. The Bertz CT molecular complexity index is 423. The van der Waals surface area contributed by atoms with Gasteiger partial charge in [-0.2, -0.15) is 0 Å². The van der Waals surface area contributed by atoms with Gasteiger partial charge in [-0.3, -0.25) is 4.09 Å². The maximum atomic E-state index is 5.99. The number of hydrogen-bond acceptors (Lipinski definition) is 1. The molecule has 0 unspecified atom stereocenters. The lowest BCUT2D eigenvalue weighted by atomic mass is 10.1. The third-order valence-corrected chi connectivity index (χ3v) is 2.44. The van der Waals surface area contributed by atoms with Crippen molar-refractivity contribution in [1.29, 1.82) is 0 Å². The normalized spacial score (nSPS) is 10.1. The summed E-state index contributed by atoms with van der Waals surface area (Å²) in [5, 5.41) is 1.20. The molecule has 0 atom stereocenters. The molecule has 0 aliphatic carbocycles. The summed E-state index contributed by atoms with van der Waals surface area (Å²) in [6, 6.07) is 8.06. The third kappa shape index (κ3) is 1.87. The van der Waals surface area contributed by atoms with Crippen LogP contribution in [-0.4, -0.2) is 10.6 Å². The van der Waals surface area contributed by atoms with Crippen LogP contribution in [0.1, 0.15) is 5.56 Å². The molecule has 0 saturated carbocycles. The Morgan fingerprint density at radius 3 is 2.71 bits per heavy atom. The minimum atomic E-state index is 0. The van der Waals surface area contributed by atoms with Gasteiger partial charge in [0.15, 0.2) is 0 Å². The first-order valence-corrected chi connectivity index (χ1v) is 4.62. The summed E-state index contributed by atoms with van der Waals surface area (Å²) < 4.78 is 1.63. The zero-order valence-corrected chi connectivity index (χ0v) is 9.18. The van der Waals surface area contributed by atoms with Gasteiger partial charge in [0.1, 0.15) is 0 Å². The molecule has 2 rings (SSSR count). The Morgan fingerprint density at radius 1 is 1.29 bits per heavy atom. The predicted molar refractivity (Wildman–Crippen MR) is 63.2 cm³/mol. The molecule has 1 aromatic carbocycles. The van der Waals surface area contributed by atoms with Gasteiger partial charge in [0.2, 0.25) is 0 Å². The lowest BCUT2D eigenvalue weighted by Gasteiger charge is -1.93. The Kier molecular flexibility index (Phi) is 3.81. The van der Waals surface area contributed by atoms with Crippen LogP contribution in [0.4, 0.5) is 0 Å². The van der Waals surface area contributed by atoms with Crippen LogP contribution in [0.2, 0.25) is 0 Å². The van der Waals surface area contributed by atoms with Crippen LogP contribution in [0.3, 0.4) is 0 Å². The van der Waals surface area contributed by atoms with E-state index in [4.69, 9.17) is 17.5 Å². The molecule has 2 nitrogen and oxygen atoms in total. The fourth-order valence-electron chi connectivity index (χ4n) is 1.56. The molecule has 14 heavy (non-hydrogen) atoms. The van der Waals surface area contributed by atoms with E-state index in [0.29, 0.717) is 6.54 Å². The number of nitrogens with two attached hydrogens (primary N) is 1. The molecule has 0 fully saturated rings. The predicted octanol–water partition coefficient (Wildman–Crippen LogP) is 2.57. The van der Waals surface area contributed by atoms with E-state index in [0.717, 1.165) is 11.9 Å². The molecule has 0 saturated heterocycles. The molecule has 0 bridgehead atoms. The fraction of sp³-hybridized carbons (Fsp3) is 0.200. The van der Waals surface area contributed by atoms with Gasteiger partial charge in [-0.05, 0) is 24.6 Å².